The zero-order valence-corrected chi connectivity index (χ0v) is 9.30. The molecule has 1 nitrogen and oxygen atoms in total. The Kier molecular flexibility index (Phi) is 2.31. The minimum absolute atomic E-state index is 0.422. The van der Waals surface area contributed by atoms with Gasteiger partial charge in [-0.15, -0.1) is 5.98 Å². The van der Waals surface area contributed by atoms with Crippen molar-refractivity contribution in [1.29, 1.82) is 5.26 Å². The third kappa shape index (κ3) is 1.77. The van der Waals surface area contributed by atoms with Crippen LogP contribution in [-0.4, -0.2) is 6.71 Å². The fourth-order valence-corrected chi connectivity index (χ4v) is 2.19. The van der Waals surface area contributed by atoms with Crippen molar-refractivity contribution in [2.24, 2.45) is 0 Å². The second kappa shape index (κ2) is 3.95. The summed E-state index contributed by atoms with van der Waals surface area (Å²) in [4.78, 5) is 0. The van der Waals surface area contributed by atoms with Crippen molar-refractivity contribution in [3.63, 3.8) is 0 Å². The van der Waals surface area contributed by atoms with Gasteiger partial charge in [0.25, 0.3) is 0 Å². The number of allylic oxidation sites excluding steroid dienone is 6. The van der Waals surface area contributed by atoms with Crippen LogP contribution >= 0.6 is 0 Å². The van der Waals surface area contributed by atoms with E-state index in [0.29, 0.717) is 12.3 Å². The van der Waals surface area contributed by atoms with E-state index in [1.165, 1.54) is 16.6 Å². The molecular weight excluding hydrogens is 205 g/mol. The van der Waals surface area contributed by atoms with Gasteiger partial charge in [0.2, 0.25) is 6.71 Å². The number of hydrogen-bond acceptors (Lipinski definition) is 1. The number of rotatable bonds is 1. The molecule has 0 aromatic heterocycles. The molecule has 0 spiro atoms. The first-order valence-corrected chi connectivity index (χ1v) is 5.66. The van der Waals surface area contributed by atoms with Crippen LogP contribution in [0, 0.1) is 11.3 Å². The molecule has 0 fully saturated rings. The van der Waals surface area contributed by atoms with Crippen molar-refractivity contribution in [1.82, 2.24) is 0 Å². The van der Waals surface area contributed by atoms with Crippen molar-refractivity contribution in [3.8, 4) is 6.07 Å². The number of nitriles is 1. The summed E-state index contributed by atoms with van der Waals surface area (Å²) in [5.41, 5.74) is 4.45. The highest BCUT2D eigenvalue weighted by Gasteiger charge is 2.18. The molecular formula is C15H10BN. The van der Waals surface area contributed by atoms with Gasteiger partial charge in [-0.25, -0.2) is 0 Å². The Hall–Kier alpha value is -2.27. The highest BCUT2D eigenvalue weighted by molar-refractivity contribution is 6.79. The minimum atomic E-state index is 0.422. The van der Waals surface area contributed by atoms with Gasteiger partial charge in [-0.3, -0.25) is 0 Å². The smallest absolute Gasteiger partial charge is 0.192 e. The molecule has 0 N–H and O–H groups in total. The van der Waals surface area contributed by atoms with E-state index >= 15 is 0 Å². The van der Waals surface area contributed by atoms with Crippen molar-refractivity contribution in [2.45, 2.75) is 0 Å². The molecule has 1 aromatic rings. The van der Waals surface area contributed by atoms with Crippen LogP contribution in [0.25, 0.3) is 5.57 Å². The van der Waals surface area contributed by atoms with E-state index < -0.39 is 0 Å². The Bertz CT molecular complexity index is 609. The third-order valence-electron chi connectivity index (χ3n) is 3.15. The molecule has 0 saturated carbocycles. The zero-order chi connectivity index (χ0) is 11.7. The molecule has 17 heavy (non-hydrogen) atoms. The van der Waals surface area contributed by atoms with Gasteiger partial charge in [0.05, 0.1) is 11.6 Å². The van der Waals surface area contributed by atoms with Gasteiger partial charge in [0.15, 0.2) is 0 Å². The molecule has 3 rings (SSSR count). The summed E-state index contributed by atoms with van der Waals surface area (Å²) in [6.07, 6.45) is 8.55. The van der Waals surface area contributed by atoms with Crippen molar-refractivity contribution < 1.29 is 0 Å². The highest BCUT2D eigenvalue weighted by Crippen LogP contribution is 2.26. The molecule has 0 unspecified atom stereocenters. The number of fused-ring (bicyclic) bond motifs is 1. The number of hydrogen-bond donors (Lipinski definition) is 0. The van der Waals surface area contributed by atoms with Gasteiger partial charge in [-0.2, -0.15) is 5.26 Å². The normalized spacial score (nSPS) is 16.3. The molecule has 2 aliphatic heterocycles. The maximum atomic E-state index is 8.77. The topological polar surface area (TPSA) is 23.8 Å². The summed E-state index contributed by atoms with van der Waals surface area (Å²) in [6, 6.07) is 9.86. The minimum Gasteiger partial charge on any atom is -0.192 e. The summed E-state index contributed by atoms with van der Waals surface area (Å²) >= 11 is 0. The molecule has 78 valence electrons. The van der Waals surface area contributed by atoms with Crippen LogP contribution in [0.5, 0.6) is 0 Å². The van der Waals surface area contributed by atoms with Gasteiger partial charge in [0, 0.05) is 0 Å². The maximum Gasteiger partial charge on any atom is 0.226 e. The second-order valence-electron chi connectivity index (χ2n) is 4.22. The predicted molar refractivity (Wildman–Crippen MR) is 71.3 cm³/mol. The second-order valence-corrected chi connectivity index (χ2v) is 4.22. The maximum absolute atomic E-state index is 8.77. The first-order chi connectivity index (χ1) is 8.36. The Morgan fingerprint density at radius 1 is 1.06 bits per heavy atom. The van der Waals surface area contributed by atoms with E-state index in [1.807, 2.05) is 24.3 Å². The Morgan fingerprint density at radius 3 is 2.65 bits per heavy atom. The number of benzene rings is 1. The van der Waals surface area contributed by atoms with Gasteiger partial charge in [-0.05, 0) is 23.3 Å². The zero-order valence-electron chi connectivity index (χ0n) is 9.30. The average molecular weight is 215 g/mol. The van der Waals surface area contributed by atoms with Crippen molar-refractivity contribution in [3.05, 3.63) is 77.1 Å². The van der Waals surface area contributed by atoms with Gasteiger partial charge in [0.1, 0.15) is 0 Å². The monoisotopic (exact) mass is 215 g/mol. The van der Waals surface area contributed by atoms with Crippen LogP contribution in [0.3, 0.4) is 0 Å². The van der Waals surface area contributed by atoms with Gasteiger partial charge in [-0.1, -0.05) is 47.9 Å². The lowest BCUT2D eigenvalue weighted by molar-refractivity contribution is 1.48. The molecule has 1 aromatic carbocycles. The lowest BCUT2D eigenvalue weighted by atomic mass is 9.44. The first kappa shape index (κ1) is 9.93. The summed E-state index contributed by atoms with van der Waals surface area (Å²) in [5, 5.41) is 8.77. The van der Waals surface area contributed by atoms with Crippen LogP contribution in [0.4, 0.5) is 0 Å². The van der Waals surface area contributed by atoms with Crippen LogP contribution in [0.15, 0.2) is 66.0 Å². The molecule has 0 aliphatic carbocycles. The fourth-order valence-electron chi connectivity index (χ4n) is 2.19. The molecule has 0 bridgehead atoms. The Morgan fingerprint density at radius 2 is 1.88 bits per heavy atom. The molecule has 0 amide bonds. The van der Waals surface area contributed by atoms with Crippen molar-refractivity contribution in [2.75, 3.05) is 0 Å². The van der Waals surface area contributed by atoms with Crippen LogP contribution < -0.4 is 0 Å². The van der Waals surface area contributed by atoms with E-state index in [2.05, 4.69) is 42.3 Å². The first-order valence-electron chi connectivity index (χ1n) is 5.66. The fraction of sp³-hybridized carbons (Fsp3) is 0. The molecule has 2 aliphatic rings. The summed E-state index contributed by atoms with van der Waals surface area (Å²) in [5.74, 6) is 4.46. The number of nitrogens with zero attached hydrogens (tertiary/aromatic N) is 1. The molecule has 0 radical (unpaired) electrons. The molecule has 0 atom stereocenters. The SMILES string of the molecule is N#Cc1ccc(C2=CB3C=CC=C3C=C2)cc1. The van der Waals surface area contributed by atoms with Crippen molar-refractivity contribution >= 4 is 12.3 Å². The average Bonchev–Trinajstić information content (AvgIpc) is 2.86. The van der Waals surface area contributed by atoms with Crippen LogP contribution in [0.2, 0.25) is 0 Å². The predicted octanol–water partition coefficient (Wildman–Crippen LogP) is 3.12. The summed E-state index contributed by atoms with van der Waals surface area (Å²) < 4.78 is 0. The molecule has 0 saturated heterocycles. The molecule has 2 heterocycles. The lowest BCUT2D eigenvalue weighted by Crippen LogP contribution is -2.10. The Labute approximate surface area is 101 Å². The van der Waals surface area contributed by atoms with E-state index in [0.717, 1.165) is 0 Å². The van der Waals surface area contributed by atoms with Crippen LogP contribution in [0.1, 0.15) is 11.1 Å². The van der Waals surface area contributed by atoms with E-state index in [4.69, 9.17) is 5.26 Å². The quantitative estimate of drug-likeness (QED) is 0.660. The van der Waals surface area contributed by atoms with E-state index in [-0.39, 0.29) is 0 Å². The van der Waals surface area contributed by atoms with E-state index in [1.54, 1.807) is 0 Å². The Balaban J connectivity index is 1.95. The third-order valence-corrected chi connectivity index (χ3v) is 3.15. The summed E-state index contributed by atoms with van der Waals surface area (Å²) in [7, 11) is 0. The largest absolute Gasteiger partial charge is 0.226 e. The van der Waals surface area contributed by atoms with Gasteiger partial charge < -0.3 is 0 Å². The molecule has 2 heteroatoms. The van der Waals surface area contributed by atoms with Gasteiger partial charge >= 0.3 is 0 Å². The van der Waals surface area contributed by atoms with E-state index in [9.17, 15) is 0 Å². The lowest BCUT2D eigenvalue weighted by Gasteiger charge is -2.12. The highest BCUT2D eigenvalue weighted by atomic mass is 14.2. The standard InChI is InChI=1S/C15H10BN/c17-11-12-3-5-13(6-4-12)14-7-8-15-2-1-9-16(15)10-14/h1-10H. The summed E-state index contributed by atoms with van der Waals surface area (Å²) in [6.45, 7) is 0.422. The van der Waals surface area contributed by atoms with Crippen LogP contribution in [-0.2, 0) is 0 Å².